The number of ether oxygens (including phenoxy) is 3. The molecule has 0 saturated heterocycles. The van der Waals surface area contributed by atoms with Crippen molar-refractivity contribution < 1.29 is 23.7 Å². The lowest BCUT2D eigenvalue weighted by atomic mass is 9.97. The van der Waals surface area contributed by atoms with Crippen LogP contribution in [-0.2, 0) is 12.8 Å². The van der Waals surface area contributed by atoms with Crippen molar-refractivity contribution >= 4 is 39.8 Å². The molecule has 0 aliphatic carbocycles. The van der Waals surface area contributed by atoms with E-state index >= 15 is 0 Å². The number of allylic oxidation sites excluding steroid dienone is 2. The maximum atomic E-state index is 14.0. The Morgan fingerprint density at radius 1 is 1.21 bits per heavy atom. The van der Waals surface area contributed by atoms with Crippen molar-refractivity contribution in [1.82, 2.24) is 4.98 Å². The van der Waals surface area contributed by atoms with Gasteiger partial charge in [0.2, 0.25) is 5.43 Å². The van der Waals surface area contributed by atoms with E-state index in [-0.39, 0.29) is 22.1 Å². The van der Waals surface area contributed by atoms with Crippen LogP contribution in [0.25, 0.3) is 28.0 Å². The third-order valence-corrected chi connectivity index (χ3v) is 7.63. The number of aromatic amines is 1. The smallest absolute Gasteiger partial charge is 0.204 e. The number of phenols is 1. The highest BCUT2D eigenvalue weighted by molar-refractivity contribution is 7.98. The van der Waals surface area contributed by atoms with Crippen LogP contribution in [0.4, 0.5) is 0 Å². The summed E-state index contributed by atoms with van der Waals surface area (Å²) < 4.78 is 24.4. The van der Waals surface area contributed by atoms with Gasteiger partial charge in [-0.1, -0.05) is 11.6 Å². The number of phenolic OH excluding ortho intramolecular Hbond substituents is 1. The zero-order valence-corrected chi connectivity index (χ0v) is 23.9. The Hall–Kier alpha value is -3.78. The fourth-order valence-electron chi connectivity index (χ4n) is 4.90. The van der Waals surface area contributed by atoms with Gasteiger partial charge < -0.3 is 28.7 Å². The molecule has 7 nitrogen and oxygen atoms in total. The van der Waals surface area contributed by atoms with Crippen LogP contribution in [0.2, 0.25) is 0 Å². The van der Waals surface area contributed by atoms with Gasteiger partial charge in [-0.15, -0.1) is 11.8 Å². The van der Waals surface area contributed by atoms with Crippen LogP contribution in [0.5, 0.6) is 23.0 Å². The van der Waals surface area contributed by atoms with Gasteiger partial charge in [0.1, 0.15) is 33.7 Å². The van der Waals surface area contributed by atoms with Gasteiger partial charge in [-0.3, -0.25) is 4.79 Å². The predicted octanol–water partition coefficient (Wildman–Crippen LogP) is 7.02. The average Bonchev–Trinajstić information content (AvgIpc) is 3.33. The fraction of sp³-hybridized carbons (Fsp3) is 0.323. The van der Waals surface area contributed by atoms with Gasteiger partial charge in [-0.2, -0.15) is 0 Å². The van der Waals surface area contributed by atoms with Gasteiger partial charge in [-0.05, 0) is 58.6 Å². The Labute approximate surface area is 231 Å². The summed E-state index contributed by atoms with van der Waals surface area (Å²) in [5, 5.41) is 11.6. The summed E-state index contributed by atoms with van der Waals surface area (Å²) in [5.74, 6) is 1.27. The number of fused-ring (bicyclic) bond motifs is 3. The Balaban J connectivity index is 1.69. The van der Waals surface area contributed by atoms with Gasteiger partial charge in [0, 0.05) is 40.9 Å². The van der Waals surface area contributed by atoms with Gasteiger partial charge in [0.15, 0.2) is 11.5 Å². The molecular formula is C31H33NO6S. The maximum absolute atomic E-state index is 14.0. The molecule has 2 N–H and O–H groups in total. The highest BCUT2D eigenvalue weighted by Gasteiger charge is 2.28. The number of hydrogen-bond acceptors (Lipinski definition) is 7. The monoisotopic (exact) mass is 547 g/mol. The van der Waals surface area contributed by atoms with Crippen LogP contribution in [0.1, 0.15) is 44.5 Å². The Morgan fingerprint density at radius 2 is 1.97 bits per heavy atom. The van der Waals surface area contributed by atoms with Crippen LogP contribution < -0.4 is 19.6 Å². The summed E-state index contributed by atoms with van der Waals surface area (Å²) in [5.41, 5.74) is 3.03. The van der Waals surface area contributed by atoms with Crippen molar-refractivity contribution in [1.29, 1.82) is 0 Å². The van der Waals surface area contributed by atoms with Crippen molar-refractivity contribution in [2.24, 2.45) is 0 Å². The lowest BCUT2D eigenvalue weighted by molar-refractivity contribution is 0.158. The highest BCUT2D eigenvalue weighted by atomic mass is 32.2. The lowest BCUT2D eigenvalue weighted by Gasteiger charge is -2.28. The van der Waals surface area contributed by atoms with Gasteiger partial charge >= 0.3 is 0 Å². The molecule has 0 fully saturated rings. The van der Waals surface area contributed by atoms with E-state index in [0.717, 1.165) is 11.3 Å². The standard InChI is InChI=1S/C31H33NO6S/c1-17(2)7-8-19-26-22(16-24(30(19)35-5)36-14-11-20-25(39-6)10-13-32-20)37-23-15-21-18(9-12-31(3,4)38-21)28(33)27(23)29(26)34/h7,9-10,12-13,15-16,32-33H,8,11,14H2,1-6H3. The molecule has 0 bridgehead atoms. The van der Waals surface area contributed by atoms with E-state index in [9.17, 15) is 9.90 Å². The minimum Gasteiger partial charge on any atom is -0.506 e. The minimum atomic E-state index is -0.550. The topological polar surface area (TPSA) is 93.9 Å². The quantitative estimate of drug-likeness (QED) is 0.139. The van der Waals surface area contributed by atoms with Crippen LogP contribution in [0.3, 0.4) is 0 Å². The molecule has 2 aromatic heterocycles. The van der Waals surface area contributed by atoms with Gasteiger partial charge in [0.25, 0.3) is 0 Å². The Morgan fingerprint density at radius 3 is 2.69 bits per heavy atom. The number of nitrogens with one attached hydrogen (secondary N) is 1. The summed E-state index contributed by atoms with van der Waals surface area (Å²) in [4.78, 5) is 18.4. The van der Waals surface area contributed by atoms with Crippen molar-refractivity contribution in [3.8, 4) is 23.0 Å². The number of aromatic hydroxyl groups is 1. The van der Waals surface area contributed by atoms with Crippen LogP contribution in [0, 0.1) is 0 Å². The second-order valence-electron chi connectivity index (χ2n) is 10.3. The molecule has 5 rings (SSSR count). The van der Waals surface area contributed by atoms with E-state index < -0.39 is 5.60 Å². The number of aromatic nitrogens is 1. The molecule has 1 aliphatic rings. The molecule has 0 radical (unpaired) electrons. The molecular weight excluding hydrogens is 514 g/mol. The van der Waals surface area contributed by atoms with E-state index in [1.165, 1.54) is 4.90 Å². The number of rotatable bonds is 8. The predicted molar refractivity (Wildman–Crippen MR) is 157 cm³/mol. The fourth-order valence-corrected chi connectivity index (χ4v) is 5.51. The Bertz CT molecular complexity index is 1690. The first-order chi connectivity index (χ1) is 18.6. The second-order valence-corrected chi connectivity index (χ2v) is 11.2. The summed E-state index contributed by atoms with van der Waals surface area (Å²) in [6.07, 6.45) is 10.7. The zero-order chi connectivity index (χ0) is 27.9. The molecule has 1 aliphatic heterocycles. The maximum Gasteiger partial charge on any atom is 0.204 e. The van der Waals surface area contributed by atoms with E-state index in [1.807, 2.05) is 58.4 Å². The molecule has 204 valence electrons. The Kier molecular flexibility index (Phi) is 7.16. The second kappa shape index (κ2) is 10.4. The molecule has 0 spiro atoms. The first-order valence-electron chi connectivity index (χ1n) is 12.8. The van der Waals surface area contributed by atoms with E-state index in [4.69, 9.17) is 18.6 Å². The average molecular weight is 548 g/mol. The molecule has 0 atom stereocenters. The first-order valence-corrected chi connectivity index (χ1v) is 14.1. The molecule has 0 unspecified atom stereocenters. The van der Waals surface area contributed by atoms with Crippen molar-refractivity contribution in [3.63, 3.8) is 0 Å². The van der Waals surface area contributed by atoms with Crippen LogP contribution >= 0.6 is 11.8 Å². The molecule has 2 aromatic carbocycles. The summed E-state index contributed by atoms with van der Waals surface area (Å²) in [6.45, 7) is 8.24. The summed E-state index contributed by atoms with van der Waals surface area (Å²) in [7, 11) is 1.57. The summed E-state index contributed by atoms with van der Waals surface area (Å²) in [6, 6.07) is 5.42. The number of methoxy groups -OCH3 is 1. The minimum absolute atomic E-state index is 0.111. The number of thioether (sulfide) groups is 1. The third kappa shape index (κ3) is 5.01. The van der Waals surface area contributed by atoms with E-state index in [0.29, 0.717) is 58.8 Å². The van der Waals surface area contributed by atoms with Crippen molar-refractivity contribution in [2.45, 2.75) is 51.0 Å². The van der Waals surface area contributed by atoms with Gasteiger partial charge in [-0.25, -0.2) is 0 Å². The largest absolute Gasteiger partial charge is 0.506 e. The third-order valence-electron chi connectivity index (χ3n) is 6.81. The number of hydrogen-bond donors (Lipinski definition) is 2. The summed E-state index contributed by atoms with van der Waals surface area (Å²) >= 11 is 1.68. The molecule has 4 aromatic rings. The normalized spacial score (nSPS) is 13.8. The number of benzene rings is 2. The van der Waals surface area contributed by atoms with Crippen LogP contribution in [-0.4, -0.2) is 35.7 Å². The molecule has 8 heteroatoms. The lowest BCUT2D eigenvalue weighted by Crippen LogP contribution is -2.27. The molecule has 0 saturated carbocycles. The molecule has 3 heterocycles. The van der Waals surface area contributed by atoms with Gasteiger partial charge in [0.05, 0.1) is 24.7 Å². The van der Waals surface area contributed by atoms with Crippen molar-refractivity contribution in [2.75, 3.05) is 20.0 Å². The zero-order valence-electron chi connectivity index (χ0n) is 23.1. The van der Waals surface area contributed by atoms with E-state index in [1.54, 1.807) is 37.1 Å². The van der Waals surface area contributed by atoms with Crippen molar-refractivity contribution in [3.05, 3.63) is 69.2 Å². The molecule has 39 heavy (non-hydrogen) atoms. The first kappa shape index (κ1) is 26.8. The number of H-pyrrole nitrogens is 1. The molecule has 0 amide bonds. The SMILES string of the molecule is COc1c(OCCc2[nH]ccc2SC)cc2oc3cc4c(c(O)c3c(=O)c2c1CC=C(C)C)C=CC(C)(C)O4. The van der Waals surface area contributed by atoms with E-state index in [2.05, 4.69) is 4.98 Å². The highest BCUT2D eigenvalue weighted by Crippen LogP contribution is 2.43. The van der Waals surface area contributed by atoms with Crippen LogP contribution in [0.15, 0.2) is 56.2 Å².